The van der Waals surface area contributed by atoms with Crippen molar-refractivity contribution in [2.75, 3.05) is 5.32 Å². The number of nitrogens with zero attached hydrogens (tertiary/aromatic N) is 1. The minimum Gasteiger partial charge on any atom is -0.393 e. The van der Waals surface area contributed by atoms with Crippen LogP contribution in [-0.2, 0) is 12.8 Å². The number of aryl methyl sites for hydroxylation is 1. The zero-order valence-corrected chi connectivity index (χ0v) is 20.5. The van der Waals surface area contributed by atoms with Gasteiger partial charge in [-0.25, -0.2) is 0 Å². The molecule has 2 aliphatic rings. The van der Waals surface area contributed by atoms with E-state index in [4.69, 9.17) is 5.73 Å². The summed E-state index contributed by atoms with van der Waals surface area (Å²) in [4.78, 5) is 25.2. The van der Waals surface area contributed by atoms with Crippen molar-refractivity contribution in [3.63, 3.8) is 0 Å². The normalized spacial score (nSPS) is 20.1. The van der Waals surface area contributed by atoms with Crippen LogP contribution in [0.1, 0.15) is 84.7 Å². The van der Waals surface area contributed by atoms with Gasteiger partial charge in [0, 0.05) is 34.8 Å². The highest BCUT2D eigenvalue weighted by atomic mass is 16.3. The Morgan fingerprint density at radius 1 is 1.11 bits per heavy atom. The molecule has 0 unspecified atom stereocenters. The second-order valence-corrected chi connectivity index (χ2v) is 10.1. The number of hydrogen-bond donors (Lipinski definition) is 3. The van der Waals surface area contributed by atoms with Gasteiger partial charge in [-0.15, -0.1) is 0 Å². The molecule has 0 bridgehead atoms. The second-order valence-electron chi connectivity index (χ2n) is 10.1. The molecule has 1 amide bonds. The van der Waals surface area contributed by atoms with Crippen LogP contribution in [0.25, 0.3) is 22.0 Å². The predicted octanol–water partition coefficient (Wildman–Crippen LogP) is 5.44. The van der Waals surface area contributed by atoms with E-state index in [9.17, 15) is 14.7 Å². The van der Waals surface area contributed by atoms with Crippen molar-refractivity contribution < 1.29 is 14.7 Å². The highest BCUT2D eigenvalue weighted by molar-refractivity contribution is 6.06. The largest absolute Gasteiger partial charge is 0.393 e. The molecule has 1 aromatic heterocycles. The van der Waals surface area contributed by atoms with Gasteiger partial charge in [0.1, 0.15) is 0 Å². The third-order valence-electron chi connectivity index (χ3n) is 7.63. The molecule has 35 heavy (non-hydrogen) atoms. The molecule has 6 heteroatoms. The van der Waals surface area contributed by atoms with Crippen molar-refractivity contribution in [1.82, 2.24) is 4.57 Å². The van der Waals surface area contributed by atoms with Crippen molar-refractivity contribution >= 4 is 28.4 Å². The van der Waals surface area contributed by atoms with Crippen molar-refractivity contribution in [1.29, 1.82) is 0 Å². The van der Waals surface area contributed by atoms with Gasteiger partial charge in [-0.1, -0.05) is 25.5 Å². The average Bonchev–Trinajstić information content (AvgIpc) is 3.18. The molecule has 0 saturated heterocycles. The first-order chi connectivity index (χ1) is 17.0. The maximum absolute atomic E-state index is 13.0. The zero-order valence-electron chi connectivity index (χ0n) is 20.5. The Labute approximate surface area is 206 Å². The fourth-order valence-corrected chi connectivity index (χ4v) is 5.76. The van der Waals surface area contributed by atoms with Gasteiger partial charge >= 0.3 is 0 Å². The van der Waals surface area contributed by atoms with Crippen LogP contribution in [0, 0.1) is 0 Å². The molecule has 0 spiro atoms. The number of aromatic nitrogens is 1. The molecule has 4 N–H and O–H groups in total. The number of fused-ring (bicyclic) bond motifs is 3. The predicted molar refractivity (Wildman–Crippen MR) is 140 cm³/mol. The van der Waals surface area contributed by atoms with Crippen molar-refractivity contribution in [2.45, 2.75) is 83.3 Å². The van der Waals surface area contributed by atoms with Crippen molar-refractivity contribution in [2.24, 2.45) is 5.73 Å². The number of carbonyl (C=O) groups excluding carboxylic acids is 2. The lowest BCUT2D eigenvalue weighted by Gasteiger charge is -2.28. The van der Waals surface area contributed by atoms with Gasteiger partial charge in [-0.2, -0.15) is 0 Å². The molecule has 6 nitrogen and oxygen atoms in total. The third kappa shape index (κ3) is 4.59. The van der Waals surface area contributed by atoms with Crippen molar-refractivity contribution in [3.8, 4) is 11.1 Å². The lowest BCUT2D eigenvalue weighted by atomic mass is 9.92. The topological polar surface area (TPSA) is 97.3 Å². The molecule has 2 heterocycles. The highest BCUT2D eigenvalue weighted by Gasteiger charge is 2.27. The number of anilines is 1. The van der Waals surface area contributed by atoms with Gasteiger partial charge in [0.15, 0.2) is 0 Å². The Balaban J connectivity index is 1.63. The summed E-state index contributed by atoms with van der Waals surface area (Å²) in [6.45, 7) is 2.20. The van der Waals surface area contributed by atoms with E-state index < -0.39 is 5.91 Å². The molecular weight excluding hydrogens is 438 g/mol. The molecule has 1 aliphatic carbocycles. The molecule has 5 rings (SSSR count). The lowest BCUT2D eigenvalue weighted by molar-refractivity contribution is 0.0889. The number of aliphatic hydroxyl groups is 1. The van der Waals surface area contributed by atoms with E-state index >= 15 is 0 Å². The zero-order chi connectivity index (χ0) is 24.5. The van der Waals surface area contributed by atoms with E-state index in [1.807, 2.05) is 16.7 Å². The fraction of sp³-hybridized carbons (Fsp3) is 0.448. The van der Waals surface area contributed by atoms with Crippen LogP contribution >= 0.6 is 0 Å². The van der Waals surface area contributed by atoms with Crippen LogP contribution in [-0.4, -0.2) is 33.6 Å². The summed E-state index contributed by atoms with van der Waals surface area (Å²) < 4.78 is 1.91. The van der Waals surface area contributed by atoms with Gasteiger partial charge in [0.2, 0.25) is 5.91 Å². The molecule has 3 aromatic rings. The molecule has 2 aromatic carbocycles. The summed E-state index contributed by atoms with van der Waals surface area (Å²) in [6, 6.07) is 12.5. The van der Waals surface area contributed by atoms with E-state index in [1.165, 1.54) is 5.56 Å². The summed E-state index contributed by atoms with van der Waals surface area (Å²) >= 11 is 0. The minimum atomic E-state index is -0.462. The Hall–Kier alpha value is -3.12. The number of benzene rings is 2. The standard InChI is InChI=1S/C29H35N3O3/c1-2-3-5-18-8-15-25-23(16-18)28(26-6-4-7-27(34)32(25)26)19-9-14-22(29(30)35)24(17-19)31-20-10-12-21(33)13-11-20/h8-9,14-17,20-21,31,33H,2-7,10-13H2,1H3,(H2,30,35)/t20-,21-. The number of rotatable bonds is 7. The monoisotopic (exact) mass is 473 g/mol. The van der Waals surface area contributed by atoms with Gasteiger partial charge in [-0.05, 0) is 86.8 Å². The highest BCUT2D eigenvalue weighted by Crippen LogP contribution is 2.40. The van der Waals surface area contributed by atoms with Gasteiger partial charge in [0.05, 0.1) is 17.2 Å². The van der Waals surface area contributed by atoms with Crippen LogP contribution < -0.4 is 11.1 Å². The molecular formula is C29H35N3O3. The van der Waals surface area contributed by atoms with E-state index in [0.29, 0.717) is 12.0 Å². The molecule has 1 saturated carbocycles. The first-order valence-electron chi connectivity index (χ1n) is 13.0. The number of nitrogens with one attached hydrogen (secondary N) is 1. The van der Waals surface area contributed by atoms with E-state index in [-0.39, 0.29) is 18.1 Å². The molecule has 1 fully saturated rings. The molecule has 0 radical (unpaired) electrons. The molecule has 0 atom stereocenters. The Kier molecular flexibility index (Phi) is 6.65. The van der Waals surface area contributed by atoms with Crippen LogP contribution in [0.4, 0.5) is 5.69 Å². The summed E-state index contributed by atoms with van der Waals surface area (Å²) in [5.41, 5.74) is 12.3. The molecule has 184 valence electrons. The van der Waals surface area contributed by atoms with Gasteiger partial charge in [-0.3, -0.25) is 14.2 Å². The first-order valence-corrected chi connectivity index (χ1v) is 13.0. The van der Waals surface area contributed by atoms with Crippen LogP contribution in [0.5, 0.6) is 0 Å². The van der Waals surface area contributed by atoms with Gasteiger partial charge < -0.3 is 16.2 Å². The fourth-order valence-electron chi connectivity index (χ4n) is 5.76. The van der Waals surface area contributed by atoms with E-state index in [0.717, 1.165) is 91.2 Å². The number of unbranched alkanes of at least 4 members (excludes halogenated alkanes) is 1. The first kappa shape index (κ1) is 23.6. The maximum atomic E-state index is 13.0. The van der Waals surface area contributed by atoms with E-state index in [2.05, 4.69) is 30.4 Å². The van der Waals surface area contributed by atoms with Crippen LogP contribution in [0.3, 0.4) is 0 Å². The number of nitrogens with two attached hydrogens (primary N) is 1. The van der Waals surface area contributed by atoms with Crippen LogP contribution in [0.15, 0.2) is 36.4 Å². The SMILES string of the molecule is CCCCc1ccc2c(c1)c(-c1ccc(C(N)=O)c(N[C@H]3CC[C@H](O)CC3)c1)c1n2C(=O)CCC1. The number of amides is 1. The number of primary amides is 1. The lowest BCUT2D eigenvalue weighted by Crippen LogP contribution is -2.29. The average molecular weight is 474 g/mol. The summed E-state index contributed by atoms with van der Waals surface area (Å²) in [6.07, 6.45) is 8.51. The van der Waals surface area contributed by atoms with E-state index in [1.54, 1.807) is 6.07 Å². The molecule has 1 aliphatic heterocycles. The smallest absolute Gasteiger partial charge is 0.250 e. The summed E-state index contributed by atoms with van der Waals surface area (Å²) in [5, 5.41) is 14.5. The third-order valence-corrected chi connectivity index (χ3v) is 7.63. The van der Waals surface area contributed by atoms with Crippen molar-refractivity contribution in [3.05, 3.63) is 53.2 Å². The number of carbonyl (C=O) groups is 2. The Bertz CT molecular complexity index is 1270. The second kappa shape index (κ2) is 9.86. The quantitative estimate of drug-likeness (QED) is 0.425. The number of aliphatic hydroxyl groups excluding tert-OH is 1. The summed E-state index contributed by atoms with van der Waals surface area (Å²) in [5.74, 6) is -0.313. The minimum absolute atomic E-state index is 0.150. The van der Waals surface area contributed by atoms with Crippen LogP contribution in [0.2, 0.25) is 0 Å². The Morgan fingerprint density at radius 2 is 1.91 bits per heavy atom. The maximum Gasteiger partial charge on any atom is 0.250 e. The van der Waals surface area contributed by atoms with Gasteiger partial charge in [0.25, 0.3) is 5.91 Å². The Morgan fingerprint density at radius 3 is 2.66 bits per heavy atom. The number of hydrogen-bond acceptors (Lipinski definition) is 4. The summed E-state index contributed by atoms with van der Waals surface area (Å²) in [7, 11) is 0.